The molecule has 0 radical (unpaired) electrons. The molecule has 0 heterocycles. The molecule has 0 fully saturated rings. The van der Waals surface area contributed by atoms with Gasteiger partial charge in [-0.3, -0.25) is 4.79 Å². The Labute approximate surface area is 170 Å². The van der Waals surface area contributed by atoms with Crippen molar-refractivity contribution in [3.8, 4) is 5.75 Å². The quantitative estimate of drug-likeness (QED) is 0.564. The second-order valence-corrected chi connectivity index (χ2v) is 8.14. The number of nitrogens with one attached hydrogen (secondary N) is 2. The van der Waals surface area contributed by atoms with Gasteiger partial charge in [0.2, 0.25) is 0 Å². The molecule has 0 aliphatic rings. The molecule has 2 amide bonds. The molecular weight excluding hydrogens is 380 g/mol. The van der Waals surface area contributed by atoms with Gasteiger partial charge >= 0.3 is 23.9 Å². The van der Waals surface area contributed by atoms with E-state index in [1.54, 1.807) is 71.9 Å². The van der Waals surface area contributed by atoms with Crippen LogP contribution in [-0.2, 0) is 23.9 Å². The number of ether oxygens (including phenoxy) is 3. The largest absolute Gasteiger partial charge is 0.458 e. The van der Waals surface area contributed by atoms with Crippen LogP contribution >= 0.6 is 0 Å². The number of amides is 2. The Morgan fingerprint density at radius 3 is 1.97 bits per heavy atom. The van der Waals surface area contributed by atoms with Crippen LogP contribution in [0.1, 0.15) is 41.5 Å². The van der Waals surface area contributed by atoms with Crippen LogP contribution in [0.4, 0.5) is 4.79 Å². The maximum absolute atomic E-state index is 12.4. The average Bonchev–Trinajstić information content (AvgIpc) is 2.56. The first-order valence-electron chi connectivity index (χ1n) is 9.04. The Hall–Kier alpha value is -3.10. The Kier molecular flexibility index (Phi) is 8.17. The summed E-state index contributed by atoms with van der Waals surface area (Å²) < 4.78 is 15.3. The van der Waals surface area contributed by atoms with E-state index in [1.807, 2.05) is 0 Å². The SMILES string of the molecule is CC(C)(C)OC(=O)C(=O)NC[C@H](NC(=O)Oc1ccccc1)C(=O)OC(C)(C)C. The first-order valence-corrected chi connectivity index (χ1v) is 9.04. The Bertz CT molecular complexity index is 733. The third-order valence-electron chi connectivity index (χ3n) is 2.99. The van der Waals surface area contributed by atoms with E-state index >= 15 is 0 Å². The third-order valence-corrected chi connectivity index (χ3v) is 2.99. The molecule has 0 unspecified atom stereocenters. The molecule has 160 valence electrons. The maximum Gasteiger partial charge on any atom is 0.413 e. The fourth-order valence-electron chi connectivity index (χ4n) is 1.92. The minimum absolute atomic E-state index is 0.269. The van der Waals surface area contributed by atoms with Crippen LogP contribution in [-0.4, -0.2) is 47.7 Å². The van der Waals surface area contributed by atoms with Gasteiger partial charge in [0.05, 0.1) is 0 Å². The lowest BCUT2D eigenvalue weighted by atomic mass is 10.2. The Morgan fingerprint density at radius 2 is 1.45 bits per heavy atom. The summed E-state index contributed by atoms with van der Waals surface area (Å²) in [6, 6.07) is 6.94. The van der Waals surface area contributed by atoms with Gasteiger partial charge in [-0.05, 0) is 53.7 Å². The second-order valence-electron chi connectivity index (χ2n) is 8.14. The molecule has 0 spiro atoms. The third kappa shape index (κ3) is 10.1. The first kappa shape index (κ1) is 23.9. The summed E-state index contributed by atoms with van der Waals surface area (Å²) in [5.74, 6) is -2.68. The van der Waals surface area contributed by atoms with E-state index in [0.29, 0.717) is 0 Å². The lowest BCUT2D eigenvalue weighted by Crippen LogP contribution is -2.52. The van der Waals surface area contributed by atoms with Crippen molar-refractivity contribution >= 4 is 23.9 Å². The predicted molar refractivity (Wildman–Crippen MR) is 104 cm³/mol. The Morgan fingerprint density at radius 1 is 0.897 bits per heavy atom. The van der Waals surface area contributed by atoms with E-state index in [-0.39, 0.29) is 5.75 Å². The average molecular weight is 408 g/mol. The van der Waals surface area contributed by atoms with Gasteiger partial charge in [-0.15, -0.1) is 0 Å². The number of para-hydroxylation sites is 1. The molecule has 1 atom stereocenters. The molecule has 0 aliphatic heterocycles. The summed E-state index contributed by atoms with van der Waals surface area (Å²) in [5.41, 5.74) is -1.67. The van der Waals surface area contributed by atoms with Crippen LogP contribution in [0.25, 0.3) is 0 Å². The molecule has 9 nitrogen and oxygen atoms in total. The first-order chi connectivity index (χ1) is 13.3. The molecule has 0 saturated heterocycles. The van der Waals surface area contributed by atoms with Gasteiger partial charge in [-0.2, -0.15) is 0 Å². The molecule has 2 N–H and O–H groups in total. The number of rotatable bonds is 5. The number of carbonyl (C=O) groups excluding carboxylic acids is 4. The predicted octanol–water partition coefficient (Wildman–Crippen LogP) is 1.94. The van der Waals surface area contributed by atoms with Crippen LogP contribution in [0.3, 0.4) is 0 Å². The Balaban J connectivity index is 2.77. The van der Waals surface area contributed by atoms with Gasteiger partial charge in [0.25, 0.3) is 0 Å². The van der Waals surface area contributed by atoms with E-state index in [9.17, 15) is 19.2 Å². The zero-order valence-corrected chi connectivity index (χ0v) is 17.5. The second kappa shape index (κ2) is 9.90. The van der Waals surface area contributed by atoms with E-state index in [2.05, 4.69) is 10.6 Å². The highest BCUT2D eigenvalue weighted by molar-refractivity contribution is 6.32. The van der Waals surface area contributed by atoms with Gasteiger partial charge < -0.3 is 24.8 Å². The standard InChI is InChI=1S/C20H28N2O7/c1-19(2,3)28-16(24)14(12-21-15(23)17(25)29-20(4,5)6)22-18(26)27-13-10-8-7-9-11-13/h7-11,14H,12H2,1-6H3,(H,21,23)(H,22,26)/t14-/m0/s1. The van der Waals surface area contributed by atoms with Crippen molar-refractivity contribution in [3.05, 3.63) is 30.3 Å². The monoisotopic (exact) mass is 408 g/mol. The highest BCUT2D eigenvalue weighted by atomic mass is 16.6. The van der Waals surface area contributed by atoms with Crippen molar-refractivity contribution in [1.82, 2.24) is 10.6 Å². The van der Waals surface area contributed by atoms with Gasteiger partial charge in [-0.25, -0.2) is 14.4 Å². The van der Waals surface area contributed by atoms with Gasteiger partial charge in [-0.1, -0.05) is 18.2 Å². The summed E-state index contributed by atoms with van der Waals surface area (Å²) >= 11 is 0. The van der Waals surface area contributed by atoms with Crippen LogP contribution < -0.4 is 15.4 Å². The van der Waals surface area contributed by atoms with Gasteiger partial charge in [0, 0.05) is 6.54 Å². The molecule has 0 saturated carbocycles. The maximum atomic E-state index is 12.4. The number of hydrogen-bond donors (Lipinski definition) is 2. The summed E-state index contributed by atoms with van der Waals surface area (Å²) in [4.78, 5) is 48.2. The summed E-state index contributed by atoms with van der Waals surface area (Å²) in [6.45, 7) is 9.42. The highest BCUT2D eigenvalue weighted by Crippen LogP contribution is 2.11. The van der Waals surface area contributed by atoms with Crippen LogP contribution in [0.5, 0.6) is 5.75 Å². The molecule has 1 rings (SSSR count). The normalized spacial score (nSPS) is 12.3. The lowest BCUT2D eigenvalue weighted by Gasteiger charge is -2.24. The number of esters is 2. The van der Waals surface area contributed by atoms with E-state index in [0.717, 1.165) is 0 Å². The number of benzene rings is 1. The summed E-state index contributed by atoms with van der Waals surface area (Å²) in [7, 11) is 0. The van der Waals surface area contributed by atoms with Gasteiger partial charge in [0.1, 0.15) is 23.0 Å². The fourth-order valence-corrected chi connectivity index (χ4v) is 1.92. The molecule has 0 aliphatic carbocycles. The topological polar surface area (TPSA) is 120 Å². The van der Waals surface area contributed by atoms with Crippen molar-refractivity contribution in [2.45, 2.75) is 58.8 Å². The minimum atomic E-state index is -1.28. The van der Waals surface area contributed by atoms with Crippen molar-refractivity contribution in [2.24, 2.45) is 0 Å². The molecule has 1 aromatic rings. The van der Waals surface area contributed by atoms with E-state index < -0.39 is 47.7 Å². The van der Waals surface area contributed by atoms with Crippen LogP contribution in [0, 0.1) is 0 Å². The number of hydrogen-bond acceptors (Lipinski definition) is 7. The molecule has 0 bridgehead atoms. The summed E-state index contributed by atoms with van der Waals surface area (Å²) in [5, 5.41) is 4.58. The zero-order chi connectivity index (χ0) is 22.2. The van der Waals surface area contributed by atoms with Crippen molar-refractivity contribution in [2.75, 3.05) is 6.54 Å². The van der Waals surface area contributed by atoms with E-state index in [1.165, 1.54) is 0 Å². The molecule has 29 heavy (non-hydrogen) atoms. The molecular formula is C20H28N2O7. The fraction of sp³-hybridized carbons (Fsp3) is 0.500. The number of carbonyl (C=O) groups is 4. The van der Waals surface area contributed by atoms with Crippen molar-refractivity contribution in [1.29, 1.82) is 0 Å². The lowest BCUT2D eigenvalue weighted by molar-refractivity contribution is -0.164. The van der Waals surface area contributed by atoms with E-state index in [4.69, 9.17) is 14.2 Å². The highest BCUT2D eigenvalue weighted by Gasteiger charge is 2.30. The smallest absolute Gasteiger partial charge is 0.413 e. The molecule has 0 aromatic heterocycles. The zero-order valence-electron chi connectivity index (χ0n) is 17.5. The van der Waals surface area contributed by atoms with Crippen LogP contribution in [0.15, 0.2) is 30.3 Å². The summed E-state index contributed by atoms with van der Waals surface area (Å²) in [6.07, 6.45) is -0.918. The van der Waals surface area contributed by atoms with Crippen molar-refractivity contribution < 1.29 is 33.4 Å². The minimum Gasteiger partial charge on any atom is -0.458 e. The molecule has 1 aromatic carbocycles. The molecule has 9 heteroatoms. The van der Waals surface area contributed by atoms with Crippen molar-refractivity contribution in [3.63, 3.8) is 0 Å². The van der Waals surface area contributed by atoms with Gasteiger partial charge in [0.15, 0.2) is 0 Å². The van der Waals surface area contributed by atoms with Crippen LogP contribution in [0.2, 0.25) is 0 Å².